The van der Waals surface area contributed by atoms with Gasteiger partial charge in [-0.2, -0.15) is 0 Å². The Hall–Kier alpha value is -2.17. The number of esters is 1. The van der Waals surface area contributed by atoms with Crippen LogP contribution in [0.4, 0.5) is 0 Å². The predicted octanol–water partition coefficient (Wildman–Crippen LogP) is 1.80. The van der Waals surface area contributed by atoms with Gasteiger partial charge in [-0.3, -0.25) is 9.78 Å². The molecule has 0 aliphatic heterocycles. The summed E-state index contributed by atoms with van der Waals surface area (Å²) in [6.45, 7) is 1.45. The molecule has 2 aromatic heterocycles. The maximum Gasteiger partial charge on any atom is 0.303 e. The molecule has 0 saturated carbocycles. The van der Waals surface area contributed by atoms with Gasteiger partial charge in [-0.15, -0.1) is 0 Å². The normalized spacial score (nSPS) is 10.1. The zero-order valence-electron chi connectivity index (χ0n) is 8.71. The summed E-state index contributed by atoms with van der Waals surface area (Å²) in [5.41, 5.74) is 1.61. The van der Waals surface area contributed by atoms with Crippen molar-refractivity contribution < 1.29 is 14.1 Å². The number of nitrogens with zero attached hydrogens (tertiary/aromatic N) is 2. The summed E-state index contributed by atoms with van der Waals surface area (Å²) in [5.74, 6) is 0.170. The zero-order valence-corrected chi connectivity index (χ0v) is 8.71. The van der Waals surface area contributed by atoms with Crippen LogP contribution < -0.4 is 0 Å². The molecule has 0 aromatic carbocycles. The van der Waals surface area contributed by atoms with Crippen molar-refractivity contribution >= 4 is 5.97 Å². The van der Waals surface area contributed by atoms with Crippen LogP contribution in [-0.2, 0) is 16.1 Å². The van der Waals surface area contributed by atoms with E-state index in [-0.39, 0.29) is 12.6 Å². The molecule has 0 radical (unpaired) electrons. The SMILES string of the molecule is CC(=O)OCc1cc(-c2ccncc2)no1. The first kappa shape index (κ1) is 10.4. The van der Waals surface area contributed by atoms with E-state index in [2.05, 4.69) is 10.1 Å². The lowest BCUT2D eigenvalue weighted by Crippen LogP contribution is -1.97. The maximum absolute atomic E-state index is 10.6. The Morgan fingerprint density at radius 2 is 2.19 bits per heavy atom. The second kappa shape index (κ2) is 4.57. The molecule has 0 bridgehead atoms. The number of rotatable bonds is 3. The molecule has 2 rings (SSSR count). The average Bonchev–Trinajstić information content (AvgIpc) is 2.76. The smallest absolute Gasteiger partial charge is 0.303 e. The number of carbonyl (C=O) groups excluding carboxylic acids is 1. The molecular weight excluding hydrogens is 208 g/mol. The van der Waals surface area contributed by atoms with Gasteiger partial charge >= 0.3 is 5.97 Å². The fraction of sp³-hybridized carbons (Fsp3) is 0.182. The highest BCUT2D eigenvalue weighted by Crippen LogP contribution is 2.18. The van der Waals surface area contributed by atoms with Gasteiger partial charge in [0.2, 0.25) is 0 Å². The minimum atomic E-state index is -0.345. The largest absolute Gasteiger partial charge is 0.458 e. The van der Waals surface area contributed by atoms with Crippen LogP contribution in [0.3, 0.4) is 0 Å². The van der Waals surface area contributed by atoms with Crippen LogP contribution in [0.1, 0.15) is 12.7 Å². The van der Waals surface area contributed by atoms with E-state index in [9.17, 15) is 4.79 Å². The molecule has 5 nitrogen and oxygen atoms in total. The Morgan fingerprint density at radius 3 is 2.88 bits per heavy atom. The Morgan fingerprint density at radius 1 is 1.44 bits per heavy atom. The third-order valence-corrected chi connectivity index (χ3v) is 1.95. The van der Waals surface area contributed by atoms with Crippen molar-refractivity contribution in [2.45, 2.75) is 13.5 Å². The first-order valence-electron chi connectivity index (χ1n) is 4.75. The number of hydrogen-bond acceptors (Lipinski definition) is 5. The molecule has 0 N–H and O–H groups in total. The molecule has 0 atom stereocenters. The van der Waals surface area contributed by atoms with Gasteiger partial charge in [0.25, 0.3) is 0 Å². The second-order valence-corrected chi connectivity index (χ2v) is 3.19. The molecular formula is C11H10N2O3. The Kier molecular flexibility index (Phi) is 2.95. The lowest BCUT2D eigenvalue weighted by atomic mass is 10.2. The Balaban J connectivity index is 2.11. The number of carbonyl (C=O) groups is 1. The van der Waals surface area contributed by atoms with Gasteiger partial charge in [-0.1, -0.05) is 5.16 Å². The van der Waals surface area contributed by atoms with Crippen LogP contribution >= 0.6 is 0 Å². The molecule has 16 heavy (non-hydrogen) atoms. The van der Waals surface area contributed by atoms with Crippen molar-refractivity contribution in [2.75, 3.05) is 0 Å². The minimum Gasteiger partial charge on any atom is -0.458 e. The van der Waals surface area contributed by atoms with Gasteiger partial charge in [0.05, 0.1) is 0 Å². The molecule has 5 heteroatoms. The molecule has 0 spiro atoms. The van der Waals surface area contributed by atoms with Crippen LogP contribution in [0.5, 0.6) is 0 Å². The number of aromatic nitrogens is 2. The van der Waals surface area contributed by atoms with Gasteiger partial charge in [-0.05, 0) is 12.1 Å². The van der Waals surface area contributed by atoms with E-state index in [1.807, 2.05) is 12.1 Å². The van der Waals surface area contributed by atoms with E-state index < -0.39 is 0 Å². The number of hydrogen-bond donors (Lipinski definition) is 0. The molecule has 2 aromatic rings. The second-order valence-electron chi connectivity index (χ2n) is 3.19. The van der Waals surface area contributed by atoms with E-state index >= 15 is 0 Å². The van der Waals surface area contributed by atoms with E-state index in [0.29, 0.717) is 11.5 Å². The third kappa shape index (κ3) is 2.44. The Labute approximate surface area is 92.0 Å². The fourth-order valence-electron chi connectivity index (χ4n) is 1.21. The monoisotopic (exact) mass is 218 g/mol. The lowest BCUT2D eigenvalue weighted by Gasteiger charge is -1.94. The lowest BCUT2D eigenvalue weighted by molar-refractivity contribution is -0.142. The van der Waals surface area contributed by atoms with Crippen LogP contribution in [-0.4, -0.2) is 16.1 Å². The molecule has 0 saturated heterocycles. The standard InChI is InChI=1S/C11H10N2O3/c1-8(14)15-7-10-6-11(13-16-10)9-2-4-12-5-3-9/h2-6H,7H2,1H3. The molecule has 0 fully saturated rings. The van der Waals surface area contributed by atoms with Crippen LogP contribution in [0, 0.1) is 0 Å². The molecule has 2 heterocycles. The molecule has 0 aliphatic carbocycles. The Bertz CT molecular complexity index is 479. The van der Waals surface area contributed by atoms with Gasteiger partial charge < -0.3 is 9.26 Å². The van der Waals surface area contributed by atoms with Gasteiger partial charge in [0, 0.05) is 30.9 Å². The summed E-state index contributed by atoms with van der Waals surface area (Å²) < 4.78 is 9.81. The highest BCUT2D eigenvalue weighted by atomic mass is 16.5. The highest BCUT2D eigenvalue weighted by Gasteiger charge is 2.07. The van der Waals surface area contributed by atoms with Gasteiger partial charge in [0.1, 0.15) is 5.69 Å². The first-order valence-corrected chi connectivity index (χ1v) is 4.75. The van der Waals surface area contributed by atoms with Crippen molar-refractivity contribution in [3.8, 4) is 11.3 Å². The maximum atomic E-state index is 10.6. The summed E-state index contributed by atoms with van der Waals surface area (Å²) >= 11 is 0. The van der Waals surface area contributed by atoms with Crippen molar-refractivity contribution in [2.24, 2.45) is 0 Å². The van der Waals surface area contributed by atoms with E-state index in [0.717, 1.165) is 5.56 Å². The van der Waals surface area contributed by atoms with E-state index in [4.69, 9.17) is 9.26 Å². The summed E-state index contributed by atoms with van der Waals surface area (Å²) in [6.07, 6.45) is 3.35. The molecule has 0 amide bonds. The number of pyridine rings is 1. The zero-order chi connectivity index (χ0) is 11.4. The van der Waals surface area contributed by atoms with Crippen LogP contribution in [0.25, 0.3) is 11.3 Å². The summed E-state index contributed by atoms with van der Waals surface area (Å²) in [6, 6.07) is 5.39. The fourth-order valence-corrected chi connectivity index (χ4v) is 1.21. The van der Waals surface area contributed by atoms with Crippen molar-refractivity contribution in [1.29, 1.82) is 0 Å². The summed E-state index contributed by atoms with van der Waals surface area (Å²) in [7, 11) is 0. The highest BCUT2D eigenvalue weighted by molar-refractivity contribution is 5.66. The number of ether oxygens (including phenoxy) is 1. The molecule has 0 unspecified atom stereocenters. The summed E-state index contributed by atoms with van der Waals surface area (Å²) in [5, 5.41) is 3.87. The van der Waals surface area contributed by atoms with E-state index in [1.165, 1.54) is 6.92 Å². The quantitative estimate of drug-likeness (QED) is 0.735. The average molecular weight is 218 g/mol. The van der Waals surface area contributed by atoms with Crippen LogP contribution in [0.2, 0.25) is 0 Å². The van der Waals surface area contributed by atoms with Crippen molar-refractivity contribution in [1.82, 2.24) is 10.1 Å². The minimum absolute atomic E-state index is 0.105. The predicted molar refractivity (Wildman–Crippen MR) is 55.2 cm³/mol. The van der Waals surface area contributed by atoms with Crippen molar-refractivity contribution in [3.63, 3.8) is 0 Å². The van der Waals surface area contributed by atoms with Gasteiger partial charge in [0.15, 0.2) is 12.4 Å². The van der Waals surface area contributed by atoms with E-state index in [1.54, 1.807) is 18.5 Å². The third-order valence-electron chi connectivity index (χ3n) is 1.95. The van der Waals surface area contributed by atoms with Gasteiger partial charge in [-0.25, -0.2) is 0 Å². The first-order chi connectivity index (χ1) is 7.75. The topological polar surface area (TPSA) is 65.2 Å². The molecule has 82 valence electrons. The summed E-state index contributed by atoms with van der Waals surface area (Å²) in [4.78, 5) is 14.5. The molecule has 0 aliphatic rings. The van der Waals surface area contributed by atoms with Crippen molar-refractivity contribution in [3.05, 3.63) is 36.4 Å². The van der Waals surface area contributed by atoms with Crippen LogP contribution in [0.15, 0.2) is 35.1 Å².